The molecule has 0 bridgehead atoms. The number of carbonyl (C=O) groups excluding carboxylic acids is 1. The minimum atomic E-state index is -0.103. The van der Waals surface area contributed by atoms with Gasteiger partial charge >= 0.3 is 0 Å². The van der Waals surface area contributed by atoms with E-state index in [1.165, 1.54) is 11.3 Å². The third-order valence-corrected chi connectivity index (χ3v) is 5.86. The van der Waals surface area contributed by atoms with Gasteiger partial charge in [-0.25, -0.2) is 4.98 Å². The maximum Gasteiger partial charge on any atom is 0.276 e. The number of rotatable bonds is 5. The molecule has 0 fully saturated rings. The Bertz CT molecular complexity index is 1160. The molecule has 0 saturated carbocycles. The van der Waals surface area contributed by atoms with Crippen molar-refractivity contribution in [2.75, 3.05) is 11.6 Å². The molecular formula is C24H18N2O3S. The number of amides is 1. The number of benzene rings is 3. The number of hydrogen-bond acceptors (Lipinski definition) is 5. The SMILES string of the molecule is O=C1c2sc(-c3ccccc3)nc2OCN1c1ccc(OCc2ccccc2)cc1. The van der Waals surface area contributed by atoms with Crippen LogP contribution in [-0.2, 0) is 6.61 Å². The van der Waals surface area contributed by atoms with Crippen molar-refractivity contribution in [1.29, 1.82) is 0 Å². The van der Waals surface area contributed by atoms with Crippen molar-refractivity contribution in [3.8, 4) is 22.2 Å². The van der Waals surface area contributed by atoms with Crippen LogP contribution in [0.5, 0.6) is 11.6 Å². The van der Waals surface area contributed by atoms with Crippen LogP contribution in [0.25, 0.3) is 10.6 Å². The first-order valence-electron chi connectivity index (χ1n) is 9.55. The Balaban J connectivity index is 1.31. The van der Waals surface area contributed by atoms with E-state index < -0.39 is 0 Å². The lowest BCUT2D eigenvalue weighted by atomic mass is 10.2. The summed E-state index contributed by atoms with van der Waals surface area (Å²) in [5.74, 6) is 1.05. The summed E-state index contributed by atoms with van der Waals surface area (Å²) in [7, 11) is 0. The van der Waals surface area contributed by atoms with E-state index in [1.54, 1.807) is 4.90 Å². The molecule has 2 heterocycles. The second-order valence-electron chi connectivity index (χ2n) is 6.79. The summed E-state index contributed by atoms with van der Waals surface area (Å²) in [4.78, 5) is 19.7. The van der Waals surface area contributed by atoms with Gasteiger partial charge in [0.05, 0.1) is 0 Å². The maximum absolute atomic E-state index is 13.0. The number of aromatic nitrogens is 1. The Morgan fingerprint density at radius 2 is 1.63 bits per heavy atom. The van der Waals surface area contributed by atoms with Crippen LogP contribution in [0, 0.1) is 0 Å². The van der Waals surface area contributed by atoms with Gasteiger partial charge in [0.1, 0.15) is 17.4 Å². The summed E-state index contributed by atoms with van der Waals surface area (Å²) >= 11 is 1.35. The van der Waals surface area contributed by atoms with Crippen LogP contribution < -0.4 is 14.4 Å². The first-order valence-corrected chi connectivity index (χ1v) is 10.4. The van der Waals surface area contributed by atoms with Gasteiger partial charge < -0.3 is 9.47 Å². The molecule has 1 amide bonds. The topological polar surface area (TPSA) is 51.7 Å². The smallest absolute Gasteiger partial charge is 0.276 e. The van der Waals surface area contributed by atoms with E-state index in [0.29, 0.717) is 17.4 Å². The van der Waals surface area contributed by atoms with Gasteiger partial charge in [-0.3, -0.25) is 9.69 Å². The fraction of sp³-hybridized carbons (Fsp3) is 0.0833. The highest BCUT2D eigenvalue weighted by Gasteiger charge is 2.31. The summed E-state index contributed by atoms with van der Waals surface area (Å²) in [5.41, 5.74) is 2.83. The van der Waals surface area contributed by atoms with E-state index >= 15 is 0 Å². The predicted octanol–water partition coefficient (Wildman–Crippen LogP) is 5.39. The molecule has 1 aliphatic heterocycles. The average Bonchev–Trinajstić information content (AvgIpc) is 3.25. The van der Waals surface area contributed by atoms with Crippen molar-refractivity contribution in [2.45, 2.75) is 6.61 Å². The van der Waals surface area contributed by atoms with E-state index in [2.05, 4.69) is 4.98 Å². The molecule has 1 aromatic heterocycles. The first-order chi connectivity index (χ1) is 14.8. The summed E-state index contributed by atoms with van der Waals surface area (Å²) in [6.45, 7) is 0.631. The third-order valence-electron chi connectivity index (χ3n) is 4.78. The second kappa shape index (κ2) is 8.00. The lowest BCUT2D eigenvalue weighted by Gasteiger charge is -2.26. The first kappa shape index (κ1) is 18.4. The molecule has 0 aliphatic carbocycles. The lowest BCUT2D eigenvalue weighted by Crippen LogP contribution is -2.38. The highest BCUT2D eigenvalue weighted by atomic mass is 32.1. The quantitative estimate of drug-likeness (QED) is 0.440. The molecule has 6 heteroatoms. The average molecular weight is 414 g/mol. The minimum Gasteiger partial charge on any atom is -0.489 e. The van der Waals surface area contributed by atoms with Crippen LogP contribution in [-0.4, -0.2) is 17.6 Å². The maximum atomic E-state index is 13.0. The molecule has 0 spiro atoms. The van der Waals surface area contributed by atoms with E-state index in [0.717, 1.165) is 27.6 Å². The lowest BCUT2D eigenvalue weighted by molar-refractivity contribution is 0.0940. The van der Waals surface area contributed by atoms with Crippen molar-refractivity contribution in [3.63, 3.8) is 0 Å². The van der Waals surface area contributed by atoms with E-state index in [-0.39, 0.29) is 12.6 Å². The van der Waals surface area contributed by atoms with Gasteiger partial charge in [0.25, 0.3) is 5.91 Å². The van der Waals surface area contributed by atoms with Gasteiger partial charge in [-0.1, -0.05) is 60.7 Å². The Kier molecular flexibility index (Phi) is 4.91. The van der Waals surface area contributed by atoms with Crippen molar-refractivity contribution in [3.05, 3.63) is 95.4 Å². The van der Waals surface area contributed by atoms with Gasteiger partial charge in [0, 0.05) is 11.3 Å². The highest BCUT2D eigenvalue weighted by molar-refractivity contribution is 7.17. The fourth-order valence-corrected chi connectivity index (χ4v) is 4.17. The van der Waals surface area contributed by atoms with Gasteiger partial charge in [0.15, 0.2) is 11.6 Å². The second-order valence-corrected chi connectivity index (χ2v) is 7.79. The third kappa shape index (κ3) is 3.65. The van der Waals surface area contributed by atoms with Crippen LogP contribution in [0.4, 0.5) is 5.69 Å². The molecule has 0 N–H and O–H groups in total. The van der Waals surface area contributed by atoms with Crippen LogP contribution in [0.2, 0.25) is 0 Å². The Labute approximate surface area is 178 Å². The van der Waals surface area contributed by atoms with Gasteiger partial charge in [0.2, 0.25) is 5.88 Å². The van der Waals surface area contributed by atoms with Gasteiger partial charge in [-0.15, -0.1) is 11.3 Å². The number of nitrogens with zero attached hydrogens (tertiary/aromatic N) is 2. The van der Waals surface area contributed by atoms with Crippen LogP contribution in [0.1, 0.15) is 15.2 Å². The summed E-state index contributed by atoms with van der Waals surface area (Å²) in [6.07, 6.45) is 0. The zero-order valence-corrected chi connectivity index (χ0v) is 16.8. The molecular weight excluding hydrogens is 396 g/mol. The highest BCUT2D eigenvalue weighted by Crippen LogP contribution is 2.37. The van der Waals surface area contributed by atoms with Crippen molar-refractivity contribution >= 4 is 22.9 Å². The summed E-state index contributed by atoms with van der Waals surface area (Å²) in [5, 5.41) is 0.778. The van der Waals surface area contributed by atoms with Crippen molar-refractivity contribution in [2.24, 2.45) is 0 Å². The van der Waals surface area contributed by atoms with Gasteiger partial charge in [-0.05, 0) is 29.8 Å². The molecule has 0 unspecified atom stereocenters. The van der Waals surface area contributed by atoms with Gasteiger partial charge in [-0.2, -0.15) is 0 Å². The molecule has 5 rings (SSSR count). The molecule has 30 heavy (non-hydrogen) atoms. The predicted molar refractivity (Wildman–Crippen MR) is 117 cm³/mol. The number of hydrogen-bond donors (Lipinski definition) is 0. The monoisotopic (exact) mass is 414 g/mol. The molecule has 148 valence electrons. The van der Waals surface area contributed by atoms with Crippen molar-refractivity contribution in [1.82, 2.24) is 4.98 Å². The zero-order valence-electron chi connectivity index (χ0n) is 16.0. The number of carbonyl (C=O) groups is 1. The molecule has 5 nitrogen and oxygen atoms in total. The standard InChI is InChI=1S/C24H18N2O3S/c27-24-21-22(25-23(30-21)18-9-5-2-6-10-18)29-16-26(24)19-11-13-20(14-12-19)28-15-17-7-3-1-4-8-17/h1-14H,15-16H2. The van der Waals surface area contributed by atoms with Crippen LogP contribution >= 0.6 is 11.3 Å². The largest absolute Gasteiger partial charge is 0.489 e. The molecule has 0 saturated heterocycles. The van der Waals surface area contributed by atoms with E-state index in [9.17, 15) is 4.79 Å². The number of thiazole rings is 1. The van der Waals surface area contributed by atoms with E-state index in [1.807, 2.05) is 84.9 Å². The molecule has 4 aromatic rings. The normalized spacial score (nSPS) is 12.9. The van der Waals surface area contributed by atoms with E-state index in [4.69, 9.17) is 9.47 Å². The minimum absolute atomic E-state index is 0.103. The number of fused-ring (bicyclic) bond motifs is 1. The Hall–Kier alpha value is -3.64. The molecule has 1 aliphatic rings. The van der Waals surface area contributed by atoms with Crippen molar-refractivity contribution < 1.29 is 14.3 Å². The molecule has 0 radical (unpaired) electrons. The number of anilines is 1. The number of ether oxygens (including phenoxy) is 2. The Morgan fingerprint density at radius 1 is 0.933 bits per heavy atom. The Morgan fingerprint density at radius 3 is 2.37 bits per heavy atom. The molecule has 0 atom stereocenters. The fourth-order valence-electron chi connectivity index (χ4n) is 3.21. The summed E-state index contributed by atoms with van der Waals surface area (Å²) < 4.78 is 11.6. The zero-order chi connectivity index (χ0) is 20.3. The summed E-state index contributed by atoms with van der Waals surface area (Å²) in [6, 6.07) is 27.3. The molecule has 3 aromatic carbocycles. The van der Waals surface area contributed by atoms with Crippen LogP contribution in [0.15, 0.2) is 84.9 Å². The van der Waals surface area contributed by atoms with Crippen LogP contribution in [0.3, 0.4) is 0 Å².